The van der Waals surface area contributed by atoms with E-state index in [1.807, 2.05) is 6.92 Å². The topological polar surface area (TPSA) is 66.5 Å². The Morgan fingerprint density at radius 2 is 1.44 bits per heavy atom. The minimum absolute atomic E-state index is 0.0371. The largest absolute Gasteiger partial charge is 0.326 e. The van der Waals surface area contributed by atoms with Gasteiger partial charge in [0.1, 0.15) is 0 Å². The van der Waals surface area contributed by atoms with Crippen molar-refractivity contribution in [2.75, 3.05) is 18.4 Å². The number of nitrogens with one attached hydrogen (secondary N) is 1. The fourth-order valence-corrected chi connectivity index (χ4v) is 3.96. The van der Waals surface area contributed by atoms with Crippen molar-refractivity contribution in [2.45, 2.75) is 70.6 Å². The van der Waals surface area contributed by atoms with Crippen LogP contribution in [0.1, 0.15) is 65.7 Å². The summed E-state index contributed by atoms with van der Waals surface area (Å²) in [5, 5.41) is 2.81. The molecule has 1 amide bonds. The van der Waals surface area contributed by atoms with Gasteiger partial charge in [-0.2, -0.15) is 4.31 Å². The smallest absolute Gasteiger partial charge is 0.243 e. The van der Waals surface area contributed by atoms with Gasteiger partial charge in [0.05, 0.1) is 4.90 Å². The summed E-state index contributed by atoms with van der Waals surface area (Å²) in [6.07, 6.45) is 5.93. The lowest BCUT2D eigenvalue weighted by atomic mass is 10.2. The molecule has 0 aliphatic rings. The highest BCUT2D eigenvalue weighted by atomic mass is 32.2. The molecule has 1 rings (SSSR count). The van der Waals surface area contributed by atoms with Gasteiger partial charge in [0.15, 0.2) is 0 Å². The number of amides is 1. The number of benzene rings is 1. The van der Waals surface area contributed by atoms with Crippen molar-refractivity contribution in [1.29, 1.82) is 0 Å². The molecule has 0 bridgehead atoms. The van der Waals surface area contributed by atoms with E-state index in [-0.39, 0.29) is 10.8 Å². The molecule has 6 heteroatoms. The molecule has 0 saturated heterocycles. The predicted octanol–water partition coefficient (Wildman–Crippen LogP) is 4.41. The quantitative estimate of drug-likeness (QED) is 0.594. The summed E-state index contributed by atoms with van der Waals surface area (Å²) in [7, 11) is -3.48. The molecule has 1 aromatic rings. The van der Waals surface area contributed by atoms with E-state index < -0.39 is 10.0 Å². The molecule has 142 valence electrons. The summed E-state index contributed by atoms with van der Waals surface area (Å²) >= 11 is 0. The molecule has 0 spiro atoms. The molecule has 0 aliphatic carbocycles. The molecule has 0 aliphatic heterocycles. The summed E-state index contributed by atoms with van der Waals surface area (Å²) in [6, 6.07) is 6.48. The van der Waals surface area contributed by atoms with E-state index in [0.717, 1.165) is 38.5 Å². The number of carbonyl (C=O) groups is 1. The van der Waals surface area contributed by atoms with Gasteiger partial charge < -0.3 is 5.32 Å². The average molecular weight is 369 g/mol. The van der Waals surface area contributed by atoms with Crippen LogP contribution >= 0.6 is 0 Å². The monoisotopic (exact) mass is 368 g/mol. The van der Waals surface area contributed by atoms with Gasteiger partial charge in [0.25, 0.3) is 0 Å². The Hall–Kier alpha value is -1.40. The van der Waals surface area contributed by atoms with Gasteiger partial charge in [0, 0.05) is 25.2 Å². The number of nitrogens with zero attached hydrogens (tertiary/aromatic N) is 1. The van der Waals surface area contributed by atoms with Crippen LogP contribution in [0.2, 0.25) is 0 Å². The molecule has 0 aromatic heterocycles. The SMILES string of the molecule is CCCCC(=O)Nc1ccc(S(=O)(=O)N(CCCC)CCCC)cc1. The molecule has 0 fully saturated rings. The Bertz CT molecular complexity index is 604. The number of unbranched alkanes of at least 4 members (excludes halogenated alkanes) is 3. The molecule has 25 heavy (non-hydrogen) atoms. The van der Waals surface area contributed by atoms with Crippen molar-refractivity contribution < 1.29 is 13.2 Å². The second-order valence-electron chi connectivity index (χ2n) is 6.29. The molecule has 0 heterocycles. The molecular weight excluding hydrogens is 336 g/mol. The minimum Gasteiger partial charge on any atom is -0.326 e. The van der Waals surface area contributed by atoms with Crippen LogP contribution in [0.5, 0.6) is 0 Å². The van der Waals surface area contributed by atoms with E-state index in [1.165, 1.54) is 0 Å². The molecule has 0 saturated carbocycles. The van der Waals surface area contributed by atoms with Crippen molar-refractivity contribution in [3.05, 3.63) is 24.3 Å². The Morgan fingerprint density at radius 1 is 0.920 bits per heavy atom. The first-order valence-corrected chi connectivity index (χ1v) is 10.8. The van der Waals surface area contributed by atoms with Crippen LogP contribution in [0.15, 0.2) is 29.2 Å². The highest BCUT2D eigenvalue weighted by Crippen LogP contribution is 2.20. The number of hydrogen-bond acceptors (Lipinski definition) is 3. The van der Waals surface area contributed by atoms with Crippen LogP contribution in [0.25, 0.3) is 0 Å². The molecule has 0 unspecified atom stereocenters. The fraction of sp³-hybridized carbons (Fsp3) is 0.632. The Morgan fingerprint density at radius 3 is 1.92 bits per heavy atom. The number of hydrogen-bond donors (Lipinski definition) is 1. The van der Waals surface area contributed by atoms with Gasteiger partial charge in [-0.15, -0.1) is 0 Å². The molecule has 0 radical (unpaired) electrons. The first-order chi connectivity index (χ1) is 12.0. The van der Waals surface area contributed by atoms with Crippen molar-refractivity contribution >= 4 is 21.6 Å². The summed E-state index contributed by atoms with van der Waals surface area (Å²) in [4.78, 5) is 12.0. The third kappa shape index (κ3) is 7.16. The Labute approximate surface area is 152 Å². The van der Waals surface area contributed by atoms with E-state index in [0.29, 0.717) is 25.2 Å². The summed E-state index contributed by atoms with van der Waals surface area (Å²) in [5.41, 5.74) is 0.633. The van der Waals surface area contributed by atoms with E-state index in [9.17, 15) is 13.2 Å². The van der Waals surface area contributed by atoms with Gasteiger partial charge in [-0.3, -0.25) is 4.79 Å². The van der Waals surface area contributed by atoms with Crippen molar-refractivity contribution in [3.8, 4) is 0 Å². The first-order valence-electron chi connectivity index (χ1n) is 9.35. The van der Waals surface area contributed by atoms with Crippen LogP contribution in [0, 0.1) is 0 Å². The van der Waals surface area contributed by atoms with E-state index in [1.54, 1.807) is 28.6 Å². The maximum atomic E-state index is 12.9. The average Bonchev–Trinajstić information content (AvgIpc) is 2.60. The molecular formula is C19H32N2O3S. The Balaban J connectivity index is 2.83. The maximum Gasteiger partial charge on any atom is 0.243 e. The predicted molar refractivity (Wildman–Crippen MR) is 103 cm³/mol. The van der Waals surface area contributed by atoms with Crippen molar-refractivity contribution in [2.24, 2.45) is 0 Å². The van der Waals surface area contributed by atoms with Gasteiger partial charge in [0.2, 0.25) is 15.9 Å². The number of rotatable bonds is 12. The van der Waals surface area contributed by atoms with Crippen LogP contribution in [0.3, 0.4) is 0 Å². The lowest BCUT2D eigenvalue weighted by Crippen LogP contribution is -2.33. The van der Waals surface area contributed by atoms with Crippen LogP contribution < -0.4 is 5.32 Å². The van der Waals surface area contributed by atoms with Crippen molar-refractivity contribution in [3.63, 3.8) is 0 Å². The highest BCUT2D eigenvalue weighted by Gasteiger charge is 2.23. The number of sulfonamides is 1. The third-order valence-corrected chi connectivity index (χ3v) is 5.97. The van der Waals surface area contributed by atoms with E-state index in [2.05, 4.69) is 19.2 Å². The first kappa shape index (κ1) is 21.6. The normalized spacial score (nSPS) is 11.7. The van der Waals surface area contributed by atoms with E-state index in [4.69, 9.17) is 0 Å². The second kappa shape index (κ2) is 11.3. The van der Waals surface area contributed by atoms with Gasteiger partial charge in [-0.25, -0.2) is 8.42 Å². The van der Waals surface area contributed by atoms with Crippen LogP contribution in [0.4, 0.5) is 5.69 Å². The zero-order chi connectivity index (χ0) is 18.7. The Kier molecular flexibility index (Phi) is 9.75. The van der Waals surface area contributed by atoms with Gasteiger partial charge in [-0.05, 0) is 43.5 Å². The second-order valence-corrected chi connectivity index (χ2v) is 8.23. The van der Waals surface area contributed by atoms with Crippen LogP contribution in [-0.2, 0) is 14.8 Å². The molecule has 0 atom stereocenters. The zero-order valence-electron chi connectivity index (χ0n) is 15.8. The van der Waals surface area contributed by atoms with Gasteiger partial charge in [-0.1, -0.05) is 40.0 Å². The molecule has 1 N–H and O–H groups in total. The minimum atomic E-state index is -3.48. The van der Waals surface area contributed by atoms with Gasteiger partial charge >= 0.3 is 0 Å². The fourth-order valence-electron chi connectivity index (χ4n) is 2.44. The number of carbonyl (C=O) groups excluding carboxylic acids is 1. The lowest BCUT2D eigenvalue weighted by molar-refractivity contribution is -0.116. The summed E-state index contributed by atoms with van der Waals surface area (Å²) in [5.74, 6) is -0.0371. The highest BCUT2D eigenvalue weighted by molar-refractivity contribution is 7.89. The molecule has 1 aromatic carbocycles. The van der Waals surface area contributed by atoms with E-state index >= 15 is 0 Å². The standard InChI is InChI=1S/C19H32N2O3S/c1-4-7-10-19(22)20-17-11-13-18(14-12-17)25(23,24)21(15-8-5-2)16-9-6-3/h11-14H,4-10,15-16H2,1-3H3,(H,20,22). The lowest BCUT2D eigenvalue weighted by Gasteiger charge is -2.22. The number of anilines is 1. The summed E-state index contributed by atoms with van der Waals surface area (Å²) < 4.78 is 27.3. The molecule has 5 nitrogen and oxygen atoms in total. The summed E-state index contributed by atoms with van der Waals surface area (Å²) in [6.45, 7) is 7.25. The zero-order valence-corrected chi connectivity index (χ0v) is 16.6. The maximum absolute atomic E-state index is 12.9. The van der Waals surface area contributed by atoms with Crippen molar-refractivity contribution in [1.82, 2.24) is 4.31 Å². The van der Waals surface area contributed by atoms with Crippen LogP contribution in [-0.4, -0.2) is 31.7 Å². The third-order valence-electron chi connectivity index (χ3n) is 4.06.